The fourth-order valence-corrected chi connectivity index (χ4v) is 5.93. The van der Waals surface area contributed by atoms with Crippen molar-refractivity contribution < 1.29 is 44.2 Å². The molecular weight excluding hydrogens is 584 g/mol. The van der Waals surface area contributed by atoms with E-state index in [2.05, 4.69) is 17.6 Å². The molecule has 0 radical (unpaired) electrons. The predicted molar refractivity (Wildman–Crippen MR) is 162 cm³/mol. The topological polar surface area (TPSA) is 239 Å². The van der Waals surface area contributed by atoms with Gasteiger partial charge in [-0.25, -0.2) is 0 Å². The van der Waals surface area contributed by atoms with Gasteiger partial charge < -0.3 is 31.7 Å². The van der Waals surface area contributed by atoms with Crippen molar-refractivity contribution in [3.63, 3.8) is 0 Å². The van der Waals surface area contributed by atoms with Crippen molar-refractivity contribution in [3.8, 4) is 0 Å². The molecule has 0 aromatic rings. The first-order chi connectivity index (χ1) is 20.4. The van der Waals surface area contributed by atoms with Crippen molar-refractivity contribution in [1.82, 2.24) is 10.6 Å². The molecule has 0 saturated carbocycles. The van der Waals surface area contributed by atoms with Crippen LogP contribution in [0.1, 0.15) is 110 Å². The summed E-state index contributed by atoms with van der Waals surface area (Å²) in [6, 6.07) is -3.34. The molecule has 0 saturated heterocycles. The molecule has 4 atom stereocenters. The highest BCUT2D eigenvalue weighted by Gasteiger charge is 2.33. The number of unbranched alkanes of at least 4 members (excludes halogenated alkanes) is 9. The van der Waals surface area contributed by atoms with Crippen LogP contribution in [0.5, 0.6) is 0 Å². The second kappa shape index (κ2) is 24.5. The first kappa shape index (κ1) is 40.1. The number of carboxylic acid groups (broad SMARTS) is 3. The van der Waals surface area contributed by atoms with Crippen LogP contribution in [0.25, 0.3) is 0 Å². The lowest BCUT2D eigenvalue weighted by molar-refractivity contribution is -0.523. The highest BCUT2D eigenvalue weighted by Crippen LogP contribution is 2.28. The van der Waals surface area contributed by atoms with E-state index < -0.39 is 59.6 Å². The van der Waals surface area contributed by atoms with Gasteiger partial charge in [0, 0.05) is 29.9 Å². The van der Waals surface area contributed by atoms with Gasteiger partial charge in [-0.05, 0) is 25.7 Å². The number of hydrogen-bond acceptors (Lipinski definition) is 9. The number of nitrogens with one attached hydrogen (secondary N) is 2. The summed E-state index contributed by atoms with van der Waals surface area (Å²) in [5, 5.41) is 43.1. The maximum absolute atomic E-state index is 12.8. The van der Waals surface area contributed by atoms with Gasteiger partial charge in [-0.1, -0.05) is 64.7 Å². The first-order valence-electron chi connectivity index (χ1n) is 15.1. The number of carbonyl (C=O) groups excluding carboxylic acids is 2. The van der Waals surface area contributed by atoms with Crippen LogP contribution in [0.15, 0.2) is 0 Å². The zero-order valence-corrected chi connectivity index (χ0v) is 26.0. The quantitative estimate of drug-likeness (QED) is 0.0413. The summed E-state index contributed by atoms with van der Waals surface area (Å²) in [5.41, 5.74) is 5.45. The Balaban J connectivity index is 5.49. The third-order valence-corrected chi connectivity index (χ3v) is 8.48. The van der Waals surface area contributed by atoms with Gasteiger partial charge in [0.2, 0.25) is 17.9 Å². The Kier molecular flexibility index (Phi) is 22.8. The smallest absolute Gasteiger partial charge is 0.322 e. The van der Waals surface area contributed by atoms with Crippen LogP contribution < -0.4 is 16.4 Å². The molecule has 0 spiro atoms. The number of thioether (sulfide) groups is 1. The lowest BCUT2D eigenvalue weighted by Gasteiger charge is -2.24. The minimum Gasteiger partial charge on any atom is -0.481 e. The highest BCUT2D eigenvalue weighted by molar-refractivity contribution is 8.00. The van der Waals surface area contributed by atoms with E-state index in [-0.39, 0.29) is 29.9 Å². The molecule has 0 rings (SSSR count). The van der Waals surface area contributed by atoms with Crippen molar-refractivity contribution in [3.05, 3.63) is 10.1 Å². The molecule has 0 aliphatic heterocycles. The molecular formula is C28H50N4O10S. The average Bonchev–Trinajstić information content (AvgIpc) is 2.94. The van der Waals surface area contributed by atoms with Gasteiger partial charge in [0.05, 0.1) is 5.25 Å². The van der Waals surface area contributed by atoms with Crippen LogP contribution in [-0.4, -0.2) is 85.6 Å². The van der Waals surface area contributed by atoms with Crippen LogP contribution in [-0.2, 0) is 24.0 Å². The minimum atomic E-state index is -1.29. The lowest BCUT2D eigenvalue weighted by Crippen LogP contribution is -2.50. The Morgan fingerprint density at radius 3 is 1.95 bits per heavy atom. The first-order valence-corrected chi connectivity index (χ1v) is 16.2. The summed E-state index contributed by atoms with van der Waals surface area (Å²) < 4.78 is 0. The van der Waals surface area contributed by atoms with Gasteiger partial charge in [0.1, 0.15) is 18.6 Å². The van der Waals surface area contributed by atoms with E-state index in [1.807, 2.05) is 0 Å². The molecule has 0 fully saturated rings. The molecule has 15 heteroatoms. The van der Waals surface area contributed by atoms with Crippen LogP contribution >= 0.6 is 11.8 Å². The molecule has 0 aromatic heterocycles. The summed E-state index contributed by atoms with van der Waals surface area (Å²) in [6.07, 6.45) is 9.86. The number of nitro groups is 1. The standard InChI is InChI=1S/C28H50N4O10S/c1-2-3-4-5-7-10-13-22(32(41)42)23(14-11-8-6-9-12-15-25(34)35)43-19-21(27(38)30-18-26(36)37)31-24(33)17-16-20(29)28(39)40/h20-23H,2-19,29H2,1H3,(H,30,38)(H,31,33)(H,34,35)(H,36,37)(H,39,40)/t20-,21-,22-,23+/m0/s1. The van der Waals surface area contributed by atoms with E-state index >= 15 is 0 Å². The molecule has 0 heterocycles. The Morgan fingerprint density at radius 1 is 0.814 bits per heavy atom. The summed E-state index contributed by atoms with van der Waals surface area (Å²) >= 11 is 1.18. The maximum Gasteiger partial charge on any atom is 0.322 e. The van der Waals surface area contributed by atoms with Gasteiger partial charge >= 0.3 is 17.9 Å². The number of amides is 2. The molecule has 0 bridgehead atoms. The second-order valence-corrected chi connectivity index (χ2v) is 12.0. The predicted octanol–water partition coefficient (Wildman–Crippen LogP) is 3.18. The van der Waals surface area contributed by atoms with E-state index in [1.54, 1.807) is 0 Å². The van der Waals surface area contributed by atoms with Crippen molar-refractivity contribution in [2.75, 3.05) is 12.3 Å². The van der Waals surface area contributed by atoms with Crippen LogP contribution in [0, 0.1) is 10.1 Å². The Bertz CT molecular complexity index is 876. The number of carbonyl (C=O) groups is 5. The summed E-state index contributed by atoms with van der Waals surface area (Å²) in [7, 11) is 0. The number of aliphatic carboxylic acids is 3. The van der Waals surface area contributed by atoms with Gasteiger partial charge in [-0.15, -0.1) is 11.8 Å². The zero-order chi connectivity index (χ0) is 32.6. The number of carboxylic acids is 3. The van der Waals surface area contributed by atoms with E-state index in [0.29, 0.717) is 32.1 Å². The molecule has 2 amide bonds. The third kappa shape index (κ3) is 21.4. The SMILES string of the molecule is CCCCCCCC[C@@H]([C@@H](CCCCCCCC(=O)O)SC[C@H](NC(=O)CC[C@H](N)C(=O)O)C(=O)NCC(=O)O)[N+](=O)[O-]. The third-order valence-electron chi connectivity index (χ3n) is 6.97. The van der Waals surface area contributed by atoms with E-state index in [9.17, 15) is 34.1 Å². The average molecular weight is 635 g/mol. The van der Waals surface area contributed by atoms with Gasteiger partial charge in [-0.2, -0.15) is 0 Å². The van der Waals surface area contributed by atoms with Gasteiger partial charge in [0.25, 0.3) is 0 Å². The van der Waals surface area contributed by atoms with Gasteiger partial charge in [0.15, 0.2) is 0 Å². The zero-order valence-electron chi connectivity index (χ0n) is 25.2. The Hall–Kier alpha value is -2.94. The normalized spacial score (nSPS) is 13.8. The number of rotatable bonds is 28. The van der Waals surface area contributed by atoms with E-state index in [4.69, 9.17) is 21.1 Å². The second-order valence-electron chi connectivity index (χ2n) is 10.7. The number of hydrogen-bond donors (Lipinski definition) is 6. The molecule has 14 nitrogen and oxygen atoms in total. The van der Waals surface area contributed by atoms with Crippen LogP contribution in [0.4, 0.5) is 0 Å². The fourth-order valence-electron chi connectivity index (χ4n) is 4.46. The minimum absolute atomic E-state index is 0.0493. The lowest BCUT2D eigenvalue weighted by atomic mass is 10.00. The van der Waals surface area contributed by atoms with Crippen molar-refractivity contribution >= 4 is 41.5 Å². The van der Waals surface area contributed by atoms with Gasteiger partial charge in [-0.3, -0.25) is 34.1 Å². The fraction of sp³-hybridized carbons (Fsp3) is 0.821. The van der Waals surface area contributed by atoms with Crippen LogP contribution in [0.2, 0.25) is 0 Å². The monoisotopic (exact) mass is 634 g/mol. The summed E-state index contributed by atoms with van der Waals surface area (Å²) in [6.45, 7) is 1.43. The highest BCUT2D eigenvalue weighted by atomic mass is 32.2. The molecule has 248 valence electrons. The Morgan fingerprint density at radius 2 is 1.40 bits per heavy atom. The van der Waals surface area contributed by atoms with Crippen molar-refractivity contribution in [1.29, 1.82) is 0 Å². The molecule has 43 heavy (non-hydrogen) atoms. The van der Waals surface area contributed by atoms with Crippen LogP contribution in [0.3, 0.4) is 0 Å². The largest absolute Gasteiger partial charge is 0.481 e. The van der Waals surface area contributed by atoms with E-state index in [0.717, 1.165) is 51.4 Å². The number of nitrogens with zero attached hydrogens (tertiary/aromatic N) is 1. The van der Waals surface area contributed by atoms with E-state index in [1.165, 1.54) is 11.8 Å². The number of nitrogens with two attached hydrogens (primary N) is 1. The molecule has 0 aliphatic carbocycles. The Labute approximate surface area is 257 Å². The molecule has 7 N–H and O–H groups in total. The van der Waals surface area contributed by atoms with Crippen molar-refractivity contribution in [2.45, 2.75) is 133 Å². The molecule has 0 unspecified atom stereocenters. The maximum atomic E-state index is 12.8. The molecule has 0 aromatic carbocycles. The summed E-state index contributed by atoms with van der Waals surface area (Å²) in [4.78, 5) is 69.7. The molecule has 0 aliphatic rings. The summed E-state index contributed by atoms with van der Waals surface area (Å²) in [5.74, 6) is -4.88. The van der Waals surface area contributed by atoms with Crippen molar-refractivity contribution in [2.24, 2.45) is 5.73 Å².